The van der Waals surface area contributed by atoms with Gasteiger partial charge in [-0.1, -0.05) is 0 Å². The molecule has 1 aliphatic heterocycles. The van der Waals surface area contributed by atoms with Crippen molar-refractivity contribution >= 4 is 43.3 Å². The zero-order valence-electron chi connectivity index (χ0n) is 7.99. The summed E-state index contributed by atoms with van der Waals surface area (Å²) in [5.41, 5.74) is 0.836. The van der Waals surface area contributed by atoms with E-state index in [4.69, 9.17) is 0 Å². The van der Waals surface area contributed by atoms with Crippen molar-refractivity contribution in [3.05, 3.63) is 23.2 Å². The number of rotatable bonds is 1. The molecule has 80 valence electrons. The molecule has 0 radical (unpaired) electrons. The number of aliphatic imine (C=N–C) groups is 1. The van der Waals surface area contributed by atoms with E-state index in [-0.39, 0.29) is 5.75 Å². The van der Waals surface area contributed by atoms with Crippen LogP contribution in [0, 0.1) is 0 Å². The molecule has 0 saturated carbocycles. The first-order valence-corrected chi connectivity index (χ1v) is 6.28. The van der Waals surface area contributed by atoms with Crippen molar-refractivity contribution < 1.29 is 10.2 Å². The van der Waals surface area contributed by atoms with Crippen molar-refractivity contribution in [2.75, 3.05) is 0 Å². The van der Waals surface area contributed by atoms with Crippen LogP contribution < -0.4 is 0 Å². The first-order chi connectivity index (χ1) is 7.72. The minimum absolute atomic E-state index is 0.232. The fourth-order valence-electron chi connectivity index (χ4n) is 1.42. The first-order valence-electron chi connectivity index (χ1n) is 4.58. The zero-order chi connectivity index (χ0) is 11.1. The molecule has 1 unspecified atom stereocenters. The largest absolute Gasteiger partial charge is 0.508 e. The van der Waals surface area contributed by atoms with E-state index in [0.717, 1.165) is 20.3 Å². The second kappa shape index (κ2) is 3.58. The second-order valence-corrected chi connectivity index (χ2v) is 5.20. The lowest BCUT2D eigenvalue weighted by atomic mass is 10.3. The number of nitrogens with zero attached hydrogens (tertiary/aromatic N) is 2. The lowest BCUT2D eigenvalue weighted by molar-refractivity contribution is 0.260. The molecule has 0 saturated heterocycles. The molecule has 0 spiro atoms. The van der Waals surface area contributed by atoms with Crippen LogP contribution in [0.5, 0.6) is 5.75 Å². The summed E-state index contributed by atoms with van der Waals surface area (Å²) in [7, 11) is 0. The van der Waals surface area contributed by atoms with Crippen LogP contribution in [0.2, 0.25) is 0 Å². The number of hydrogen-bond acceptors (Lipinski definition) is 5. The SMILES string of the molecule is Oc1ccc2nc(C3=NC(O)C=[S+]3)sc2c1. The molecular formula is C10H7N2O2S2+. The summed E-state index contributed by atoms with van der Waals surface area (Å²) in [6, 6.07) is 5.05. The van der Waals surface area contributed by atoms with Crippen LogP contribution in [0.1, 0.15) is 5.01 Å². The number of aliphatic hydroxyl groups is 1. The van der Waals surface area contributed by atoms with Gasteiger partial charge >= 0.3 is 5.04 Å². The molecule has 2 heterocycles. The van der Waals surface area contributed by atoms with E-state index in [0.29, 0.717) is 0 Å². The van der Waals surface area contributed by atoms with Crippen molar-refractivity contribution in [2.24, 2.45) is 4.99 Å². The van der Waals surface area contributed by atoms with Crippen molar-refractivity contribution in [3.63, 3.8) is 0 Å². The van der Waals surface area contributed by atoms with Gasteiger partial charge in [0, 0.05) is 0 Å². The van der Waals surface area contributed by atoms with Gasteiger partial charge in [-0.3, -0.25) is 0 Å². The molecular weight excluding hydrogens is 244 g/mol. The van der Waals surface area contributed by atoms with Crippen LogP contribution in [0.3, 0.4) is 0 Å². The Morgan fingerprint density at radius 1 is 1.38 bits per heavy atom. The average molecular weight is 251 g/mol. The molecule has 0 fully saturated rings. The number of fused-ring (bicyclic) bond motifs is 1. The molecule has 1 aliphatic rings. The molecule has 2 aromatic rings. The van der Waals surface area contributed by atoms with Gasteiger partial charge in [-0.2, -0.15) is 4.99 Å². The van der Waals surface area contributed by atoms with Crippen LogP contribution in [0.25, 0.3) is 10.2 Å². The molecule has 1 aromatic carbocycles. The van der Waals surface area contributed by atoms with Crippen molar-refractivity contribution in [3.8, 4) is 5.75 Å². The van der Waals surface area contributed by atoms with E-state index >= 15 is 0 Å². The van der Waals surface area contributed by atoms with Gasteiger partial charge in [0.2, 0.25) is 28.0 Å². The third-order valence-corrected chi connectivity index (χ3v) is 4.16. The number of aliphatic hydroxyl groups excluding tert-OH is 1. The summed E-state index contributed by atoms with van der Waals surface area (Å²) < 4.78 is 0.916. The molecule has 3 rings (SSSR count). The maximum Gasteiger partial charge on any atom is 0.357 e. The van der Waals surface area contributed by atoms with Gasteiger partial charge in [0.15, 0.2) is 0 Å². The number of aromatic nitrogens is 1. The minimum atomic E-state index is -0.736. The fourth-order valence-corrected chi connectivity index (χ4v) is 3.20. The number of phenolic OH excluding ortho intramolecular Hbond substituents is 1. The molecule has 1 aromatic heterocycles. The second-order valence-electron chi connectivity index (χ2n) is 3.27. The monoisotopic (exact) mass is 251 g/mol. The van der Waals surface area contributed by atoms with Gasteiger partial charge in [-0.25, -0.2) is 4.98 Å². The van der Waals surface area contributed by atoms with E-state index in [1.54, 1.807) is 23.6 Å². The number of hydrogen-bond donors (Lipinski definition) is 2. The Balaban J connectivity index is 2.12. The molecule has 4 nitrogen and oxygen atoms in total. The Bertz CT molecular complexity index is 618. The number of phenols is 1. The highest BCUT2D eigenvalue weighted by atomic mass is 32.1. The van der Waals surface area contributed by atoms with Gasteiger partial charge in [-0.15, -0.1) is 11.3 Å². The van der Waals surface area contributed by atoms with Crippen LogP contribution >= 0.6 is 11.3 Å². The molecule has 2 N–H and O–H groups in total. The summed E-state index contributed by atoms with van der Waals surface area (Å²) >= 11 is 2.84. The Hall–Kier alpha value is -1.37. The Labute approximate surface area is 98.9 Å². The summed E-state index contributed by atoms with van der Waals surface area (Å²) in [6.07, 6.45) is -0.736. The Morgan fingerprint density at radius 3 is 3.00 bits per heavy atom. The summed E-state index contributed by atoms with van der Waals surface area (Å²) in [5.74, 6) is 0.232. The molecule has 1 atom stereocenters. The maximum absolute atomic E-state index is 9.34. The predicted molar refractivity (Wildman–Crippen MR) is 67.3 cm³/mol. The van der Waals surface area contributed by atoms with Crippen LogP contribution in [0.4, 0.5) is 0 Å². The van der Waals surface area contributed by atoms with E-state index in [2.05, 4.69) is 9.98 Å². The number of aromatic hydroxyl groups is 1. The quantitative estimate of drug-likeness (QED) is 0.586. The summed E-state index contributed by atoms with van der Waals surface area (Å²) in [6.45, 7) is 0. The summed E-state index contributed by atoms with van der Waals surface area (Å²) in [5, 5.41) is 21.8. The number of thiazole rings is 1. The highest BCUT2D eigenvalue weighted by Gasteiger charge is 2.26. The third kappa shape index (κ3) is 1.60. The van der Waals surface area contributed by atoms with Crippen molar-refractivity contribution in [2.45, 2.75) is 6.23 Å². The van der Waals surface area contributed by atoms with Gasteiger partial charge in [0.25, 0.3) is 0 Å². The van der Waals surface area contributed by atoms with Gasteiger partial charge in [0.05, 0.1) is 10.2 Å². The van der Waals surface area contributed by atoms with E-state index in [9.17, 15) is 10.2 Å². The smallest absolute Gasteiger partial charge is 0.357 e. The summed E-state index contributed by atoms with van der Waals surface area (Å²) in [4.78, 5) is 8.44. The molecule has 6 heteroatoms. The van der Waals surface area contributed by atoms with Gasteiger partial charge in [-0.05, 0) is 18.2 Å². The van der Waals surface area contributed by atoms with E-state index in [1.807, 2.05) is 0 Å². The van der Waals surface area contributed by atoms with E-state index < -0.39 is 6.23 Å². The molecule has 0 bridgehead atoms. The molecule has 0 amide bonds. The Morgan fingerprint density at radius 2 is 2.25 bits per heavy atom. The third-order valence-electron chi connectivity index (χ3n) is 2.11. The van der Waals surface area contributed by atoms with Crippen molar-refractivity contribution in [1.29, 1.82) is 0 Å². The minimum Gasteiger partial charge on any atom is -0.508 e. The molecule has 0 aliphatic carbocycles. The average Bonchev–Trinajstić information content (AvgIpc) is 2.83. The van der Waals surface area contributed by atoms with Gasteiger partial charge in [0.1, 0.15) is 5.75 Å². The highest BCUT2D eigenvalue weighted by Crippen LogP contribution is 2.26. The molecule has 16 heavy (non-hydrogen) atoms. The Kier molecular flexibility index (Phi) is 2.20. The van der Waals surface area contributed by atoms with Crippen molar-refractivity contribution in [1.82, 2.24) is 4.98 Å². The van der Waals surface area contributed by atoms with Crippen LogP contribution in [0.15, 0.2) is 23.2 Å². The standard InChI is InChI=1S/C10H6N2O2S2/c13-5-1-2-6-7(3-5)16-10(11-6)9-12-8(14)4-15-9/h1-4,8,14H/p+1. The van der Waals surface area contributed by atoms with Crippen LogP contribution in [-0.2, 0) is 11.4 Å². The lowest BCUT2D eigenvalue weighted by Gasteiger charge is -1.87. The topological polar surface area (TPSA) is 65.7 Å². The first kappa shape index (κ1) is 9.83. The van der Waals surface area contributed by atoms with E-state index in [1.165, 1.54) is 22.7 Å². The predicted octanol–water partition coefficient (Wildman–Crippen LogP) is 0.965. The number of benzene rings is 1. The zero-order valence-corrected chi connectivity index (χ0v) is 9.63. The van der Waals surface area contributed by atoms with Gasteiger partial charge < -0.3 is 10.2 Å². The van der Waals surface area contributed by atoms with Crippen LogP contribution in [-0.4, -0.2) is 31.8 Å². The lowest BCUT2D eigenvalue weighted by Crippen LogP contribution is -1.99. The maximum atomic E-state index is 9.34. The normalized spacial score (nSPS) is 19.3. The highest BCUT2D eigenvalue weighted by molar-refractivity contribution is 7.94. The fraction of sp³-hybridized carbons (Fsp3) is 0.100.